The van der Waals surface area contributed by atoms with Crippen molar-refractivity contribution in [3.05, 3.63) is 35.6 Å². The first-order chi connectivity index (χ1) is 8.96. The third-order valence-corrected chi connectivity index (χ3v) is 3.73. The molecule has 0 spiro atoms. The smallest absolute Gasteiger partial charge is 0.123 e. The first-order valence-electron chi connectivity index (χ1n) is 6.84. The molecule has 19 heavy (non-hydrogen) atoms. The highest BCUT2D eigenvalue weighted by Crippen LogP contribution is 2.22. The minimum atomic E-state index is -0.612. The van der Waals surface area contributed by atoms with Gasteiger partial charge in [0.05, 0.1) is 11.7 Å². The van der Waals surface area contributed by atoms with Crippen LogP contribution in [0, 0.1) is 5.82 Å². The third kappa shape index (κ3) is 4.27. The molecule has 1 aromatic rings. The molecule has 1 aromatic carbocycles. The summed E-state index contributed by atoms with van der Waals surface area (Å²) in [5.41, 5.74) is 0.129. The topological polar surface area (TPSA) is 43.7 Å². The zero-order valence-corrected chi connectivity index (χ0v) is 11.3. The highest BCUT2D eigenvalue weighted by Gasteiger charge is 2.28. The van der Waals surface area contributed by atoms with Crippen LogP contribution in [0.15, 0.2) is 24.3 Å². The number of β-amino-alcohol motifs (C(OH)–C–C–N with tert-alkyl or cyclic N) is 1. The first kappa shape index (κ1) is 14.4. The van der Waals surface area contributed by atoms with Gasteiger partial charge in [0.2, 0.25) is 0 Å². The van der Waals surface area contributed by atoms with E-state index in [1.807, 2.05) is 6.92 Å². The Balaban J connectivity index is 1.83. The molecule has 3 nitrogen and oxygen atoms in total. The van der Waals surface area contributed by atoms with E-state index in [0.29, 0.717) is 13.0 Å². The SMILES string of the molecule is CC1(O)CCCN(CCC(O)c2ccc(F)cc2)C1. The lowest BCUT2D eigenvalue weighted by molar-refractivity contribution is -0.0191. The van der Waals surface area contributed by atoms with Crippen LogP contribution in [0.2, 0.25) is 0 Å². The summed E-state index contributed by atoms with van der Waals surface area (Å²) < 4.78 is 12.8. The number of hydrogen-bond acceptors (Lipinski definition) is 3. The van der Waals surface area contributed by atoms with E-state index in [-0.39, 0.29) is 5.82 Å². The van der Waals surface area contributed by atoms with Gasteiger partial charge in [-0.2, -0.15) is 0 Å². The van der Waals surface area contributed by atoms with Crippen LogP contribution in [0.5, 0.6) is 0 Å². The van der Waals surface area contributed by atoms with Crippen molar-refractivity contribution in [2.75, 3.05) is 19.6 Å². The van der Waals surface area contributed by atoms with Crippen LogP contribution in [-0.4, -0.2) is 40.3 Å². The monoisotopic (exact) mass is 267 g/mol. The molecule has 2 rings (SSSR count). The summed E-state index contributed by atoms with van der Waals surface area (Å²) in [6, 6.07) is 5.97. The van der Waals surface area contributed by atoms with Gasteiger partial charge in [-0.1, -0.05) is 12.1 Å². The molecular formula is C15H22FNO2. The van der Waals surface area contributed by atoms with E-state index in [0.717, 1.165) is 31.5 Å². The highest BCUT2D eigenvalue weighted by atomic mass is 19.1. The largest absolute Gasteiger partial charge is 0.389 e. The molecule has 2 N–H and O–H groups in total. The Kier molecular flexibility index (Phi) is 4.55. The van der Waals surface area contributed by atoms with E-state index >= 15 is 0 Å². The number of rotatable bonds is 4. The van der Waals surface area contributed by atoms with Crippen molar-refractivity contribution in [2.24, 2.45) is 0 Å². The molecule has 0 radical (unpaired) electrons. The van der Waals surface area contributed by atoms with E-state index in [4.69, 9.17) is 0 Å². The van der Waals surface area contributed by atoms with Crippen molar-refractivity contribution in [2.45, 2.75) is 37.9 Å². The van der Waals surface area contributed by atoms with E-state index in [1.165, 1.54) is 12.1 Å². The third-order valence-electron chi connectivity index (χ3n) is 3.73. The van der Waals surface area contributed by atoms with E-state index in [9.17, 15) is 14.6 Å². The number of likely N-dealkylation sites (tertiary alicyclic amines) is 1. The van der Waals surface area contributed by atoms with Gasteiger partial charge in [0, 0.05) is 13.1 Å². The summed E-state index contributed by atoms with van der Waals surface area (Å²) in [5.74, 6) is -0.289. The molecule has 1 fully saturated rings. The molecule has 0 bridgehead atoms. The number of piperidine rings is 1. The van der Waals surface area contributed by atoms with Crippen molar-refractivity contribution in [3.63, 3.8) is 0 Å². The van der Waals surface area contributed by atoms with Gasteiger partial charge in [0.15, 0.2) is 0 Å². The van der Waals surface area contributed by atoms with Crippen LogP contribution in [0.4, 0.5) is 4.39 Å². The fraction of sp³-hybridized carbons (Fsp3) is 0.600. The van der Waals surface area contributed by atoms with Gasteiger partial charge in [0.25, 0.3) is 0 Å². The van der Waals surface area contributed by atoms with Gasteiger partial charge in [0.1, 0.15) is 5.82 Å². The molecule has 0 amide bonds. The Bertz CT molecular complexity index is 405. The van der Waals surface area contributed by atoms with E-state index in [2.05, 4.69) is 4.90 Å². The Labute approximate surface area is 113 Å². The van der Waals surface area contributed by atoms with Crippen molar-refractivity contribution in [3.8, 4) is 0 Å². The molecular weight excluding hydrogens is 245 g/mol. The standard InChI is InChI=1S/C15H22FNO2/c1-15(19)8-2-9-17(11-15)10-7-14(18)12-3-5-13(16)6-4-12/h3-6,14,18-19H,2,7-11H2,1H3. The summed E-state index contributed by atoms with van der Waals surface area (Å²) in [6.07, 6.45) is 1.85. The van der Waals surface area contributed by atoms with Crippen LogP contribution in [-0.2, 0) is 0 Å². The molecule has 1 heterocycles. The van der Waals surface area contributed by atoms with Gasteiger partial charge < -0.3 is 15.1 Å². The quantitative estimate of drug-likeness (QED) is 0.878. The van der Waals surface area contributed by atoms with Gasteiger partial charge in [-0.25, -0.2) is 4.39 Å². The van der Waals surface area contributed by atoms with Crippen LogP contribution < -0.4 is 0 Å². The second kappa shape index (κ2) is 5.99. The minimum absolute atomic E-state index is 0.289. The van der Waals surface area contributed by atoms with Crippen molar-refractivity contribution < 1.29 is 14.6 Å². The Morgan fingerprint density at radius 1 is 1.37 bits per heavy atom. The first-order valence-corrected chi connectivity index (χ1v) is 6.84. The molecule has 0 saturated carbocycles. The number of halogens is 1. The lowest BCUT2D eigenvalue weighted by Crippen LogP contribution is -2.46. The Morgan fingerprint density at radius 2 is 2.05 bits per heavy atom. The van der Waals surface area contributed by atoms with Gasteiger partial charge in [-0.05, 0) is 50.4 Å². The summed E-state index contributed by atoms with van der Waals surface area (Å²) >= 11 is 0. The fourth-order valence-corrected chi connectivity index (χ4v) is 2.67. The average Bonchev–Trinajstić information content (AvgIpc) is 2.36. The zero-order valence-electron chi connectivity index (χ0n) is 11.3. The lowest BCUT2D eigenvalue weighted by atomic mass is 9.95. The minimum Gasteiger partial charge on any atom is -0.389 e. The Hall–Kier alpha value is -0.970. The van der Waals surface area contributed by atoms with Gasteiger partial charge in [-0.3, -0.25) is 0 Å². The number of aliphatic hydroxyl groups excluding tert-OH is 1. The lowest BCUT2D eigenvalue weighted by Gasteiger charge is -2.37. The summed E-state index contributed by atoms with van der Waals surface area (Å²) in [5, 5.41) is 20.1. The number of benzene rings is 1. The highest BCUT2D eigenvalue weighted by molar-refractivity contribution is 5.18. The van der Waals surface area contributed by atoms with Crippen molar-refractivity contribution >= 4 is 0 Å². The predicted octanol–water partition coefficient (Wildman–Crippen LogP) is 2.10. The summed E-state index contributed by atoms with van der Waals surface area (Å²) in [7, 11) is 0. The summed E-state index contributed by atoms with van der Waals surface area (Å²) in [4.78, 5) is 2.18. The van der Waals surface area contributed by atoms with E-state index < -0.39 is 11.7 Å². The molecule has 1 aliphatic rings. The van der Waals surface area contributed by atoms with Gasteiger partial charge in [-0.15, -0.1) is 0 Å². The molecule has 2 unspecified atom stereocenters. The predicted molar refractivity (Wildman–Crippen MR) is 72.3 cm³/mol. The molecule has 0 aliphatic carbocycles. The second-order valence-corrected chi connectivity index (χ2v) is 5.73. The summed E-state index contributed by atoms with van der Waals surface area (Å²) in [6.45, 7) is 4.22. The molecule has 0 aromatic heterocycles. The Morgan fingerprint density at radius 3 is 2.68 bits per heavy atom. The number of hydrogen-bond donors (Lipinski definition) is 2. The van der Waals surface area contributed by atoms with Crippen LogP contribution in [0.1, 0.15) is 37.9 Å². The molecule has 1 saturated heterocycles. The maximum atomic E-state index is 12.8. The van der Waals surface area contributed by atoms with Crippen LogP contribution >= 0.6 is 0 Å². The second-order valence-electron chi connectivity index (χ2n) is 5.73. The van der Waals surface area contributed by atoms with Crippen molar-refractivity contribution in [1.29, 1.82) is 0 Å². The zero-order chi connectivity index (χ0) is 13.9. The number of aliphatic hydroxyl groups is 2. The number of nitrogens with zero attached hydrogens (tertiary/aromatic N) is 1. The molecule has 4 heteroatoms. The van der Waals surface area contributed by atoms with Crippen LogP contribution in [0.25, 0.3) is 0 Å². The van der Waals surface area contributed by atoms with Gasteiger partial charge >= 0.3 is 0 Å². The average molecular weight is 267 g/mol. The van der Waals surface area contributed by atoms with Crippen molar-refractivity contribution in [1.82, 2.24) is 4.90 Å². The maximum Gasteiger partial charge on any atom is 0.123 e. The fourth-order valence-electron chi connectivity index (χ4n) is 2.67. The molecule has 106 valence electrons. The normalized spacial score (nSPS) is 26.3. The molecule has 2 atom stereocenters. The molecule has 1 aliphatic heterocycles. The van der Waals surface area contributed by atoms with E-state index in [1.54, 1.807) is 12.1 Å². The maximum absolute atomic E-state index is 12.8. The van der Waals surface area contributed by atoms with Crippen LogP contribution in [0.3, 0.4) is 0 Å².